The summed E-state index contributed by atoms with van der Waals surface area (Å²) in [6.07, 6.45) is 0. The zero-order valence-corrected chi connectivity index (χ0v) is 15.0. The van der Waals surface area contributed by atoms with Crippen molar-refractivity contribution in [3.63, 3.8) is 0 Å². The first-order valence-corrected chi connectivity index (χ1v) is 8.39. The lowest BCUT2D eigenvalue weighted by molar-refractivity contribution is -0.114. The maximum absolute atomic E-state index is 11.4. The van der Waals surface area contributed by atoms with E-state index in [9.17, 15) is 9.90 Å². The summed E-state index contributed by atoms with van der Waals surface area (Å²) >= 11 is 0. The van der Waals surface area contributed by atoms with Gasteiger partial charge in [0.2, 0.25) is 5.91 Å². The van der Waals surface area contributed by atoms with Crippen LogP contribution in [0.5, 0.6) is 5.75 Å². The van der Waals surface area contributed by atoms with Crippen molar-refractivity contribution in [3.05, 3.63) is 42.0 Å². The molecule has 0 aliphatic carbocycles. The Kier molecular flexibility index (Phi) is 6.82. The number of benzene rings is 2. The fourth-order valence-electron chi connectivity index (χ4n) is 2.62. The van der Waals surface area contributed by atoms with E-state index in [0.717, 1.165) is 11.4 Å². The van der Waals surface area contributed by atoms with Crippen LogP contribution in [0.25, 0.3) is 0 Å². The topological polar surface area (TPSA) is 105 Å². The molecule has 140 valence electrons. The highest BCUT2D eigenvalue weighted by atomic mass is 16.3. The Labute approximate surface area is 152 Å². The standard InChI is InChI=1S/C19H25N3O4/c1-13-11-17(18(12-19(13)26)20-14(2)25)21-15-3-5-16(6-4-15)22(7-9-23)8-10-24/h3-6,11-12,21,23-24,26H,7-10H2,1-2H3,(H,20,25). The largest absolute Gasteiger partial charge is 0.508 e. The second-order valence-electron chi connectivity index (χ2n) is 5.97. The van der Waals surface area contributed by atoms with Gasteiger partial charge in [-0.3, -0.25) is 4.79 Å². The van der Waals surface area contributed by atoms with Crippen LogP contribution in [-0.4, -0.2) is 47.5 Å². The number of aliphatic hydroxyl groups is 2. The van der Waals surface area contributed by atoms with E-state index in [4.69, 9.17) is 10.2 Å². The molecule has 7 nitrogen and oxygen atoms in total. The van der Waals surface area contributed by atoms with Gasteiger partial charge in [-0.2, -0.15) is 0 Å². The van der Waals surface area contributed by atoms with Crippen molar-refractivity contribution < 1.29 is 20.1 Å². The molecule has 0 atom stereocenters. The van der Waals surface area contributed by atoms with E-state index in [1.807, 2.05) is 29.2 Å². The predicted octanol–water partition coefficient (Wildman–Crippen LogP) is 2.19. The summed E-state index contributed by atoms with van der Waals surface area (Å²) in [5, 5.41) is 34.1. The molecule has 1 amide bonds. The Hall–Kier alpha value is -2.77. The Morgan fingerprint density at radius 2 is 1.65 bits per heavy atom. The third-order valence-electron chi connectivity index (χ3n) is 3.90. The van der Waals surface area contributed by atoms with E-state index in [0.29, 0.717) is 30.0 Å². The second-order valence-corrected chi connectivity index (χ2v) is 5.97. The number of aromatic hydroxyl groups is 1. The highest BCUT2D eigenvalue weighted by molar-refractivity contribution is 5.94. The number of aryl methyl sites for hydroxylation is 1. The van der Waals surface area contributed by atoms with Crippen LogP contribution < -0.4 is 15.5 Å². The van der Waals surface area contributed by atoms with Crippen molar-refractivity contribution in [1.82, 2.24) is 0 Å². The van der Waals surface area contributed by atoms with Crippen LogP contribution in [0.2, 0.25) is 0 Å². The normalized spacial score (nSPS) is 10.5. The van der Waals surface area contributed by atoms with E-state index in [1.165, 1.54) is 13.0 Å². The fraction of sp³-hybridized carbons (Fsp3) is 0.316. The van der Waals surface area contributed by atoms with Gasteiger partial charge in [-0.05, 0) is 42.8 Å². The number of rotatable bonds is 8. The molecule has 0 unspecified atom stereocenters. The molecule has 2 aromatic carbocycles. The minimum absolute atomic E-state index is 0.00681. The maximum Gasteiger partial charge on any atom is 0.221 e. The van der Waals surface area contributed by atoms with Gasteiger partial charge in [-0.1, -0.05) is 0 Å². The highest BCUT2D eigenvalue weighted by Crippen LogP contribution is 2.32. The maximum atomic E-state index is 11.4. The van der Waals surface area contributed by atoms with E-state index in [2.05, 4.69) is 10.6 Å². The minimum atomic E-state index is -0.227. The van der Waals surface area contributed by atoms with Gasteiger partial charge in [0, 0.05) is 37.5 Å². The average Bonchev–Trinajstić information content (AvgIpc) is 2.59. The van der Waals surface area contributed by atoms with Crippen LogP contribution in [0.1, 0.15) is 12.5 Å². The third kappa shape index (κ3) is 5.11. The summed E-state index contributed by atoms with van der Waals surface area (Å²) in [5.41, 5.74) is 3.55. The van der Waals surface area contributed by atoms with Crippen LogP contribution in [0.4, 0.5) is 22.7 Å². The van der Waals surface area contributed by atoms with E-state index < -0.39 is 0 Å². The number of carbonyl (C=O) groups excluding carboxylic acids is 1. The number of aliphatic hydroxyl groups excluding tert-OH is 2. The Balaban J connectivity index is 2.23. The Morgan fingerprint density at radius 1 is 1.04 bits per heavy atom. The molecule has 0 saturated heterocycles. The number of phenols is 1. The smallest absolute Gasteiger partial charge is 0.221 e. The molecule has 2 rings (SSSR count). The van der Waals surface area contributed by atoms with E-state index >= 15 is 0 Å². The number of carbonyl (C=O) groups is 1. The van der Waals surface area contributed by atoms with Gasteiger partial charge in [0.05, 0.1) is 24.6 Å². The van der Waals surface area contributed by atoms with Crippen molar-refractivity contribution in [1.29, 1.82) is 0 Å². The average molecular weight is 359 g/mol. The highest BCUT2D eigenvalue weighted by Gasteiger charge is 2.10. The van der Waals surface area contributed by atoms with Crippen molar-refractivity contribution in [2.75, 3.05) is 41.8 Å². The van der Waals surface area contributed by atoms with Crippen molar-refractivity contribution >= 4 is 28.7 Å². The first-order chi connectivity index (χ1) is 12.4. The molecule has 0 fully saturated rings. The van der Waals surface area contributed by atoms with Crippen LogP contribution in [0, 0.1) is 6.92 Å². The Morgan fingerprint density at radius 3 is 2.19 bits per heavy atom. The van der Waals surface area contributed by atoms with Gasteiger partial charge in [0.1, 0.15) is 5.75 Å². The molecule has 0 radical (unpaired) electrons. The first kappa shape index (κ1) is 19.6. The zero-order valence-electron chi connectivity index (χ0n) is 15.0. The van der Waals surface area contributed by atoms with Crippen molar-refractivity contribution in [2.45, 2.75) is 13.8 Å². The number of nitrogens with zero attached hydrogens (tertiary/aromatic N) is 1. The lowest BCUT2D eigenvalue weighted by Crippen LogP contribution is -2.29. The first-order valence-electron chi connectivity index (χ1n) is 8.39. The van der Waals surface area contributed by atoms with Crippen molar-refractivity contribution in [3.8, 4) is 5.75 Å². The second kappa shape index (κ2) is 9.07. The zero-order chi connectivity index (χ0) is 19.1. The molecular weight excluding hydrogens is 334 g/mol. The summed E-state index contributed by atoms with van der Waals surface area (Å²) in [4.78, 5) is 13.3. The monoisotopic (exact) mass is 359 g/mol. The van der Waals surface area contributed by atoms with Crippen LogP contribution in [-0.2, 0) is 4.79 Å². The van der Waals surface area contributed by atoms with Crippen LogP contribution >= 0.6 is 0 Å². The van der Waals surface area contributed by atoms with E-state index in [1.54, 1.807) is 13.0 Å². The molecule has 0 aliphatic heterocycles. The minimum Gasteiger partial charge on any atom is -0.508 e. The molecule has 26 heavy (non-hydrogen) atoms. The summed E-state index contributed by atoms with van der Waals surface area (Å²) in [6, 6.07) is 10.8. The molecule has 0 aliphatic rings. The molecule has 0 spiro atoms. The van der Waals surface area contributed by atoms with Gasteiger partial charge in [0.15, 0.2) is 0 Å². The summed E-state index contributed by atoms with van der Waals surface area (Å²) in [5.74, 6) is -0.117. The molecular formula is C19H25N3O4. The molecule has 2 aromatic rings. The van der Waals surface area contributed by atoms with Gasteiger partial charge in [-0.25, -0.2) is 0 Å². The lowest BCUT2D eigenvalue weighted by atomic mass is 10.1. The van der Waals surface area contributed by atoms with Crippen LogP contribution in [0.15, 0.2) is 36.4 Å². The van der Waals surface area contributed by atoms with Gasteiger partial charge >= 0.3 is 0 Å². The number of hydrogen-bond donors (Lipinski definition) is 5. The fourth-order valence-corrected chi connectivity index (χ4v) is 2.62. The molecule has 7 heteroatoms. The van der Waals surface area contributed by atoms with E-state index in [-0.39, 0.29) is 24.9 Å². The summed E-state index contributed by atoms with van der Waals surface area (Å²) in [7, 11) is 0. The quantitative estimate of drug-likeness (QED) is 0.463. The number of hydrogen-bond acceptors (Lipinski definition) is 6. The third-order valence-corrected chi connectivity index (χ3v) is 3.90. The molecule has 0 aromatic heterocycles. The molecule has 0 bridgehead atoms. The molecule has 0 heterocycles. The molecule has 0 saturated carbocycles. The number of phenolic OH excluding ortho intramolecular Hbond substituents is 1. The number of nitrogens with one attached hydrogen (secondary N) is 2. The van der Waals surface area contributed by atoms with Gasteiger partial charge < -0.3 is 30.9 Å². The number of amides is 1. The van der Waals surface area contributed by atoms with Crippen LogP contribution in [0.3, 0.4) is 0 Å². The predicted molar refractivity (Wildman–Crippen MR) is 103 cm³/mol. The van der Waals surface area contributed by atoms with Gasteiger partial charge in [0.25, 0.3) is 0 Å². The molecule has 5 N–H and O–H groups in total. The van der Waals surface area contributed by atoms with Crippen molar-refractivity contribution in [2.24, 2.45) is 0 Å². The summed E-state index contributed by atoms with van der Waals surface area (Å²) in [6.45, 7) is 4.09. The SMILES string of the molecule is CC(=O)Nc1cc(O)c(C)cc1Nc1ccc(N(CCO)CCO)cc1. The lowest BCUT2D eigenvalue weighted by Gasteiger charge is -2.23. The summed E-state index contributed by atoms with van der Waals surface area (Å²) < 4.78 is 0. The number of anilines is 4. The van der Waals surface area contributed by atoms with Gasteiger partial charge in [-0.15, -0.1) is 0 Å². The Bertz CT molecular complexity index is 741.